The number of piperazine rings is 4. The molecule has 4 N–H and O–H groups in total. The molecule has 16 heteroatoms. The van der Waals surface area contributed by atoms with E-state index in [9.17, 15) is 20.4 Å². The fraction of sp³-hybridized carbons (Fsp3) is 0.833. The van der Waals surface area contributed by atoms with E-state index in [0.717, 1.165) is 144 Å². The number of rotatable bonds is 12. The molecule has 0 bridgehead atoms. The summed E-state index contributed by atoms with van der Waals surface area (Å²) in [5, 5.41) is 38.3. The quantitative estimate of drug-likeness (QED) is 0.152. The van der Waals surface area contributed by atoms with Crippen LogP contribution in [0.3, 0.4) is 0 Å². The molecule has 4 saturated heterocycles. The molecule has 0 aliphatic carbocycles. The van der Waals surface area contributed by atoms with E-state index in [-0.39, 0.29) is 94.4 Å². The lowest BCUT2D eigenvalue weighted by Crippen LogP contribution is -3.00. The van der Waals surface area contributed by atoms with Crippen molar-refractivity contribution in [1.82, 2.24) is 29.4 Å². The Balaban J connectivity index is 0.00000182. The van der Waals surface area contributed by atoms with Gasteiger partial charge >= 0.3 is 0 Å². The van der Waals surface area contributed by atoms with Crippen molar-refractivity contribution in [2.24, 2.45) is 0 Å². The molecular formula is C36H66Br4N8O4. The number of benzene rings is 1. The van der Waals surface area contributed by atoms with Crippen molar-refractivity contribution >= 4 is 34.0 Å². The van der Waals surface area contributed by atoms with Crippen LogP contribution >= 0.6 is 34.0 Å². The summed E-state index contributed by atoms with van der Waals surface area (Å²) in [6.45, 7) is 28.2. The Labute approximate surface area is 354 Å². The predicted octanol–water partition coefficient (Wildman–Crippen LogP) is -6.65. The summed E-state index contributed by atoms with van der Waals surface area (Å²) >= 11 is 0. The molecule has 1 aromatic carbocycles. The van der Waals surface area contributed by atoms with Gasteiger partial charge in [0.25, 0.3) is 0 Å². The molecule has 0 aromatic heterocycles. The number of hydrogen-bond acceptors (Lipinski definition) is 10. The normalized spacial score (nSPS) is 23.8. The summed E-state index contributed by atoms with van der Waals surface area (Å²) in [6, 6.07) is 0. The Bertz CT molecular complexity index is 1110. The standard InChI is InChI=1S/C36H64N8O4.4BrH/c45-21-13-37-1-5-41(6-2-37)25-31-33-27-43(17-9-39(10-18-43)15-23-47)29-35(33)32(26-42-7-3-38(4-8-42)14-22-46)36-30-44(28-34(31)36)19-11-40(12-20-44)16-24-48;;;;/h45-48H,1-30H2;4*1H/q+2;;;;/p-2. The molecule has 4 fully saturated rings. The summed E-state index contributed by atoms with van der Waals surface area (Å²) in [6.07, 6.45) is 0. The zero-order valence-corrected chi connectivity index (χ0v) is 37.8. The highest BCUT2D eigenvalue weighted by Gasteiger charge is 2.48. The highest BCUT2D eigenvalue weighted by Crippen LogP contribution is 2.45. The van der Waals surface area contributed by atoms with Crippen LogP contribution in [0.5, 0.6) is 0 Å². The fourth-order valence-corrected chi connectivity index (χ4v) is 9.99. The van der Waals surface area contributed by atoms with Crippen molar-refractivity contribution in [3.05, 3.63) is 33.4 Å². The molecule has 0 saturated carbocycles. The van der Waals surface area contributed by atoms with Crippen LogP contribution in [0.1, 0.15) is 33.4 Å². The van der Waals surface area contributed by atoms with Crippen LogP contribution in [0.4, 0.5) is 0 Å². The minimum Gasteiger partial charge on any atom is -1.00 e. The van der Waals surface area contributed by atoms with E-state index in [0.29, 0.717) is 0 Å². The number of nitrogens with zero attached hydrogens (tertiary/aromatic N) is 8. The first-order chi connectivity index (χ1) is 23.5. The van der Waals surface area contributed by atoms with Crippen LogP contribution in [-0.2, 0) is 39.3 Å². The second-order valence-electron chi connectivity index (χ2n) is 15.9. The molecular weight excluding hydrogens is 928 g/mol. The van der Waals surface area contributed by atoms with Crippen LogP contribution in [0, 0.1) is 0 Å². The second kappa shape index (κ2) is 21.4. The highest BCUT2D eigenvalue weighted by atomic mass is 79.9. The topological polar surface area (TPSA) is 100 Å². The molecule has 0 unspecified atom stereocenters. The molecule has 0 radical (unpaired) electrons. The van der Waals surface area contributed by atoms with Crippen LogP contribution in [-0.4, -0.2) is 216 Å². The molecule has 6 aliphatic heterocycles. The number of aliphatic hydroxyl groups excluding tert-OH is 4. The second-order valence-corrected chi connectivity index (χ2v) is 15.9. The van der Waals surface area contributed by atoms with Crippen LogP contribution < -0.4 is 34.0 Å². The van der Waals surface area contributed by atoms with Gasteiger partial charge < -0.3 is 63.4 Å². The number of halogens is 4. The van der Waals surface area contributed by atoms with Crippen molar-refractivity contribution in [2.45, 2.75) is 39.3 Å². The Hall–Kier alpha value is 0.660. The maximum atomic E-state index is 9.63. The molecule has 0 amide bonds. The summed E-state index contributed by atoms with van der Waals surface area (Å²) in [4.78, 5) is 15.1. The van der Waals surface area contributed by atoms with Gasteiger partial charge in [-0.1, -0.05) is 0 Å². The van der Waals surface area contributed by atoms with Crippen molar-refractivity contribution in [3.63, 3.8) is 0 Å². The first-order valence-corrected chi connectivity index (χ1v) is 19.1. The van der Waals surface area contributed by atoms with E-state index in [1.165, 1.54) is 35.1 Å². The zero-order chi connectivity index (χ0) is 33.1. The molecule has 302 valence electrons. The monoisotopic (exact) mass is 990 g/mol. The summed E-state index contributed by atoms with van der Waals surface area (Å²) < 4.78 is 2.34. The van der Waals surface area contributed by atoms with Gasteiger partial charge in [-0.25, -0.2) is 0 Å². The third-order valence-electron chi connectivity index (χ3n) is 13.1. The molecule has 0 atom stereocenters. The van der Waals surface area contributed by atoms with Gasteiger partial charge in [0.05, 0.1) is 52.6 Å². The predicted molar refractivity (Wildman–Crippen MR) is 207 cm³/mol. The van der Waals surface area contributed by atoms with Crippen LogP contribution in [0.2, 0.25) is 0 Å². The lowest BCUT2D eigenvalue weighted by Gasteiger charge is -2.42. The zero-order valence-electron chi connectivity index (χ0n) is 31.2. The van der Waals surface area contributed by atoms with Gasteiger partial charge in [0.15, 0.2) is 0 Å². The number of fused-ring (bicyclic) bond motifs is 2. The Morgan fingerprint density at radius 3 is 0.846 bits per heavy atom. The average Bonchev–Trinajstić information content (AvgIpc) is 3.66. The van der Waals surface area contributed by atoms with Gasteiger partial charge in [-0.3, -0.25) is 29.4 Å². The largest absolute Gasteiger partial charge is 1.00 e. The molecule has 12 nitrogen and oxygen atoms in total. The number of aliphatic hydroxyl groups is 4. The maximum absolute atomic E-state index is 9.63. The SMILES string of the molecule is Br.Br.OCCN1CCN(Cc2c3c(c(CN4CCN(CCO)CC4)c4c2C[N+]2(CCN(CCO)CC2)C4)C[N+]2(CCN(CCO)CC2)C3)CC1.[Br-].[Br-]. The molecule has 7 rings (SSSR count). The first-order valence-electron chi connectivity index (χ1n) is 19.1. The van der Waals surface area contributed by atoms with Gasteiger partial charge in [0, 0.05) is 140 Å². The number of quaternary nitrogens is 2. The van der Waals surface area contributed by atoms with Gasteiger partial charge in [-0.2, -0.15) is 0 Å². The van der Waals surface area contributed by atoms with Gasteiger partial charge in [0.2, 0.25) is 0 Å². The van der Waals surface area contributed by atoms with E-state index < -0.39 is 0 Å². The summed E-state index contributed by atoms with van der Waals surface area (Å²) in [5.74, 6) is 0. The maximum Gasteiger partial charge on any atom is 0.106 e. The molecule has 52 heavy (non-hydrogen) atoms. The molecule has 1 aromatic rings. The summed E-state index contributed by atoms with van der Waals surface area (Å²) in [7, 11) is 0. The number of hydrogen-bond donors (Lipinski definition) is 4. The van der Waals surface area contributed by atoms with Gasteiger partial charge in [-0.15, -0.1) is 34.0 Å². The van der Waals surface area contributed by atoms with Gasteiger partial charge in [0.1, 0.15) is 26.2 Å². The van der Waals surface area contributed by atoms with E-state index in [1.807, 2.05) is 0 Å². The van der Waals surface area contributed by atoms with E-state index in [2.05, 4.69) is 29.4 Å². The minimum absolute atomic E-state index is 0. The highest BCUT2D eigenvalue weighted by molar-refractivity contribution is 8.93. The number of β-amino-alcohol motifs (C(OH)–C–C–N with tert-alkyl or cyclic N) is 4. The Morgan fingerprint density at radius 1 is 0.365 bits per heavy atom. The van der Waals surface area contributed by atoms with Crippen molar-refractivity contribution in [2.75, 3.05) is 157 Å². The fourth-order valence-electron chi connectivity index (χ4n) is 9.99. The van der Waals surface area contributed by atoms with E-state index in [1.54, 1.807) is 33.4 Å². The molecule has 6 aliphatic rings. The Morgan fingerprint density at radius 2 is 0.596 bits per heavy atom. The van der Waals surface area contributed by atoms with Crippen molar-refractivity contribution in [3.8, 4) is 0 Å². The minimum atomic E-state index is 0. The summed E-state index contributed by atoms with van der Waals surface area (Å²) in [5.41, 5.74) is 10.0. The van der Waals surface area contributed by atoms with Crippen LogP contribution in [0.25, 0.3) is 0 Å². The molecule has 2 spiro atoms. The van der Waals surface area contributed by atoms with Crippen molar-refractivity contribution < 1.29 is 63.4 Å². The van der Waals surface area contributed by atoms with E-state index in [4.69, 9.17) is 0 Å². The Kier molecular flexibility index (Phi) is 19.4. The lowest BCUT2D eigenvalue weighted by atomic mass is 9.88. The third kappa shape index (κ3) is 10.6. The first kappa shape index (κ1) is 47.0. The smallest absolute Gasteiger partial charge is 0.106 e. The van der Waals surface area contributed by atoms with E-state index >= 15 is 0 Å². The third-order valence-corrected chi connectivity index (χ3v) is 13.1. The van der Waals surface area contributed by atoms with Gasteiger partial charge in [-0.05, 0) is 11.1 Å². The lowest BCUT2D eigenvalue weighted by molar-refractivity contribution is -0.951. The molecule has 6 heterocycles. The van der Waals surface area contributed by atoms with Crippen molar-refractivity contribution in [1.29, 1.82) is 0 Å². The average molecular weight is 995 g/mol. The van der Waals surface area contributed by atoms with Crippen LogP contribution in [0.15, 0.2) is 0 Å².